The molecule has 1 heterocycles. The van der Waals surface area contributed by atoms with Gasteiger partial charge in [0.2, 0.25) is 5.91 Å². The molecule has 2 N–H and O–H groups in total. The standard InChI is InChI=1S/C16H27N3O/c17-15-13-4-3-12(9-13)14(15)16(20)19-7-5-18(6-8-19)10-11-1-2-11/h11-15H,1-10,17H2. The molecule has 0 spiro atoms. The average Bonchev–Trinajstić information content (AvgIpc) is 3.05. The molecular formula is C16H27N3O. The smallest absolute Gasteiger partial charge is 0.227 e. The summed E-state index contributed by atoms with van der Waals surface area (Å²) in [6, 6.07) is 0.144. The highest BCUT2D eigenvalue weighted by molar-refractivity contribution is 5.80. The van der Waals surface area contributed by atoms with Gasteiger partial charge in [0.1, 0.15) is 0 Å². The minimum Gasteiger partial charge on any atom is -0.340 e. The summed E-state index contributed by atoms with van der Waals surface area (Å²) < 4.78 is 0. The average molecular weight is 277 g/mol. The molecule has 1 amide bonds. The number of hydrogen-bond acceptors (Lipinski definition) is 3. The molecule has 4 nitrogen and oxygen atoms in total. The fourth-order valence-electron chi connectivity index (χ4n) is 4.73. The topological polar surface area (TPSA) is 49.6 Å². The molecule has 0 radical (unpaired) electrons. The van der Waals surface area contributed by atoms with E-state index >= 15 is 0 Å². The predicted molar refractivity (Wildman–Crippen MR) is 78.0 cm³/mol. The molecule has 3 saturated carbocycles. The maximum Gasteiger partial charge on any atom is 0.227 e. The lowest BCUT2D eigenvalue weighted by atomic mass is 9.84. The summed E-state index contributed by atoms with van der Waals surface area (Å²) in [5, 5.41) is 0. The predicted octanol–water partition coefficient (Wildman–Crippen LogP) is 0.914. The lowest BCUT2D eigenvalue weighted by Crippen LogP contribution is -2.54. The van der Waals surface area contributed by atoms with E-state index in [1.165, 1.54) is 38.6 Å². The van der Waals surface area contributed by atoms with Gasteiger partial charge in [-0.3, -0.25) is 9.69 Å². The monoisotopic (exact) mass is 277 g/mol. The van der Waals surface area contributed by atoms with Gasteiger partial charge in [0.15, 0.2) is 0 Å². The Labute approximate surface area is 121 Å². The van der Waals surface area contributed by atoms with Crippen molar-refractivity contribution >= 4 is 5.91 Å². The third-order valence-electron chi connectivity index (χ3n) is 6.16. The molecule has 4 heteroatoms. The number of hydrogen-bond donors (Lipinski definition) is 1. The van der Waals surface area contributed by atoms with E-state index in [-0.39, 0.29) is 12.0 Å². The van der Waals surface area contributed by atoms with Crippen LogP contribution in [0.4, 0.5) is 0 Å². The van der Waals surface area contributed by atoms with Crippen molar-refractivity contribution in [3.05, 3.63) is 0 Å². The Bertz CT molecular complexity index is 385. The van der Waals surface area contributed by atoms with Crippen LogP contribution in [0.5, 0.6) is 0 Å². The molecule has 1 aliphatic heterocycles. The second-order valence-electron chi connectivity index (χ2n) is 7.51. The molecule has 0 aromatic rings. The normalized spacial score (nSPS) is 41.4. The van der Waals surface area contributed by atoms with Crippen molar-refractivity contribution in [2.24, 2.45) is 29.4 Å². The van der Waals surface area contributed by atoms with Gasteiger partial charge >= 0.3 is 0 Å². The quantitative estimate of drug-likeness (QED) is 0.834. The second kappa shape index (κ2) is 4.99. The van der Waals surface area contributed by atoms with E-state index in [1.807, 2.05) is 0 Å². The Morgan fingerprint density at radius 2 is 1.70 bits per heavy atom. The van der Waals surface area contributed by atoms with Crippen LogP contribution >= 0.6 is 0 Å². The molecule has 4 rings (SSSR count). The number of carbonyl (C=O) groups excluding carboxylic acids is 1. The van der Waals surface area contributed by atoms with Crippen LogP contribution in [0.1, 0.15) is 32.1 Å². The minimum absolute atomic E-state index is 0.142. The van der Waals surface area contributed by atoms with Crippen molar-refractivity contribution in [3.8, 4) is 0 Å². The number of rotatable bonds is 3. The highest BCUT2D eigenvalue weighted by atomic mass is 16.2. The van der Waals surface area contributed by atoms with Crippen molar-refractivity contribution < 1.29 is 4.79 Å². The molecule has 4 unspecified atom stereocenters. The first-order chi connectivity index (χ1) is 9.72. The summed E-state index contributed by atoms with van der Waals surface area (Å²) in [5.74, 6) is 2.69. The SMILES string of the molecule is NC1C2CCC(C2)C1C(=O)N1CCN(CC2CC2)CC1. The number of fused-ring (bicyclic) bond motifs is 2. The van der Waals surface area contributed by atoms with Crippen LogP contribution in [0, 0.1) is 23.7 Å². The van der Waals surface area contributed by atoms with E-state index in [9.17, 15) is 4.79 Å². The first-order valence-electron chi connectivity index (χ1n) is 8.49. The lowest BCUT2D eigenvalue weighted by molar-refractivity contribution is -0.139. The Hall–Kier alpha value is -0.610. The van der Waals surface area contributed by atoms with Gasteiger partial charge in [0.25, 0.3) is 0 Å². The van der Waals surface area contributed by atoms with E-state index in [0.29, 0.717) is 17.7 Å². The summed E-state index contributed by atoms with van der Waals surface area (Å²) in [4.78, 5) is 17.4. The highest BCUT2D eigenvalue weighted by Gasteiger charge is 2.50. The number of carbonyl (C=O) groups is 1. The first kappa shape index (κ1) is 13.1. The van der Waals surface area contributed by atoms with Gasteiger partial charge in [-0.1, -0.05) is 0 Å². The van der Waals surface area contributed by atoms with E-state index in [1.54, 1.807) is 0 Å². The van der Waals surface area contributed by atoms with Crippen LogP contribution in [-0.2, 0) is 4.79 Å². The zero-order chi connectivity index (χ0) is 13.7. The maximum absolute atomic E-state index is 12.8. The van der Waals surface area contributed by atoms with Crippen molar-refractivity contribution in [3.63, 3.8) is 0 Å². The Morgan fingerprint density at radius 1 is 1.00 bits per heavy atom. The minimum atomic E-state index is 0.142. The maximum atomic E-state index is 12.8. The molecular weight excluding hydrogens is 250 g/mol. The fourth-order valence-corrected chi connectivity index (χ4v) is 4.73. The van der Waals surface area contributed by atoms with E-state index in [0.717, 1.165) is 32.1 Å². The fraction of sp³-hybridized carbons (Fsp3) is 0.938. The second-order valence-corrected chi connectivity index (χ2v) is 7.51. The molecule has 112 valence electrons. The van der Waals surface area contributed by atoms with Crippen molar-refractivity contribution in [2.75, 3.05) is 32.7 Å². The molecule has 0 aromatic carbocycles. The molecule has 2 bridgehead atoms. The van der Waals surface area contributed by atoms with Crippen LogP contribution < -0.4 is 5.73 Å². The van der Waals surface area contributed by atoms with Crippen LogP contribution in [0.15, 0.2) is 0 Å². The molecule has 4 atom stereocenters. The van der Waals surface area contributed by atoms with Gasteiger partial charge in [-0.25, -0.2) is 0 Å². The van der Waals surface area contributed by atoms with E-state index in [4.69, 9.17) is 5.73 Å². The molecule has 0 aromatic heterocycles. The van der Waals surface area contributed by atoms with Gasteiger partial charge in [-0.2, -0.15) is 0 Å². The first-order valence-corrected chi connectivity index (χ1v) is 8.49. The van der Waals surface area contributed by atoms with Gasteiger partial charge in [0, 0.05) is 38.8 Å². The van der Waals surface area contributed by atoms with Crippen LogP contribution in [-0.4, -0.2) is 54.5 Å². The largest absolute Gasteiger partial charge is 0.340 e. The Morgan fingerprint density at radius 3 is 2.30 bits per heavy atom. The third-order valence-corrected chi connectivity index (χ3v) is 6.16. The number of amides is 1. The number of piperazine rings is 1. The summed E-state index contributed by atoms with van der Waals surface area (Å²) in [6.45, 7) is 5.24. The van der Waals surface area contributed by atoms with Crippen molar-refractivity contribution in [1.82, 2.24) is 9.80 Å². The summed E-state index contributed by atoms with van der Waals surface area (Å²) in [5.41, 5.74) is 6.32. The number of nitrogens with zero attached hydrogens (tertiary/aromatic N) is 2. The Kier molecular flexibility index (Phi) is 3.26. The van der Waals surface area contributed by atoms with Gasteiger partial charge < -0.3 is 10.6 Å². The van der Waals surface area contributed by atoms with Gasteiger partial charge in [-0.15, -0.1) is 0 Å². The molecule has 4 fully saturated rings. The third kappa shape index (κ3) is 2.27. The summed E-state index contributed by atoms with van der Waals surface area (Å²) >= 11 is 0. The summed E-state index contributed by atoms with van der Waals surface area (Å²) in [6.07, 6.45) is 6.53. The highest BCUT2D eigenvalue weighted by Crippen LogP contribution is 2.48. The van der Waals surface area contributed by atoms with Gasteiger partial charge in [-0.05, 0) is 49.9 Å². The molecule has 20 heavy (non-hydrogen) atoms. The van der Waals surface area contributed by atoms with Crippen LogP contribution in [0.3, 0.4) is 0 Å². The lowest BCUT2D eigenvalue weighted by Gasteiger charge is -2.38. The van der Waals surface area contributed by atoms with Crippen molar-refractivity contribution in [1.29, 1.82) is 0 Å². The van der Waals surface area contributed by atoms with Crippen LogP contribution in [0.25, 0.3) is 0 Å². The van der Waals surface area contributed by atoms with Crippen LogP contribution in [0.2, 0.25) is 0 Å². The van der Waals surface area contributed by atoms with E-state index < -0.39 is 0 Å². The van der Waals surface area contributed by atoms with Gasteiger partial charge in [0.05, 0.1) is 5.92 Å². The van der Waals surface area contributed by atoms with Crippen molar-refractivity contribution in [2.45, 2.75) is 38.1 Å². The zero-order valence-corrected chi connectivity index (χ0v) is 12.3. The van der Waals surface area contributed by atoms with E-state index in [2.05, 4.69) is 9.80 Å². The Balaban J connectivity index is 1.33. The molecule has 4 aliphatic rings. The summed E-state index contributed by atoms with van der Waals surface area (Å²) in [7, 11) is 0. The molecule has 3 aliphatic carbocycles. The molecule has 1 saturated heterocycles. The number of nitrogens with two attached hydrogens (primary N) is 1. The zero-order valence-electron chi connectivity index (χ0n) is 12.3.